The van der Waals surface area contributed by atoms with Crippen molar-refractivity contribution in [2.24, 2.45) is 0 Å². The third-order valence-electron chi connectivity index (χ3n) is 25.9. The molecule has 28 rings (SSSR count). The molecule has 136 heavy (non-hydrogen) atoms. The van der Waals surface area contributed by atoms with Crippen molar-refractivity contribution in [3.8, 4) is 92.1 Å². The summed E-state index contributed by atoms with van der Waals surface area (Å²) in [7, 11) is 0. The van der Waals surface area contributed by atoms with Crippen LogP contribution in [-0.2, 0) is 0 Å². The van der Waals surface area contributed by atoms with Gasteiger partial charge in [0.15, 0.2) is 0 Å². The van der Waals surface area contributed by atoms with Gasteiger partial charge in [0.25, 0.3) is 0 Å². The Labute approximate surface area is 774 Å². The van der Waals surface area contributed by atoms with E-state index in [9.17, 15) is 15.8 Å². The van der Waals surface area contributed by atoms with E-state index in [-0.39, 0.29) is 0 Å². The van der Waals surface area contributed by atoms with Crippen molar-refractivity contribution in [2.75, 3.05) is 0 Å². The largest absolute Gasteiger partial charge is 0.456 e. The summed E-state index contributed by atoms with van der Waals surface area (Å²) in [6, 6.07) is 142. The number of fused-ring (bicyclic) bond motifs is 28. The highest BCUT2D eigenvalue weighted by atomic mass is 16.3. The first kappa shape index (κ1) is 78.7. The van der Waals surface area contributed by atoms with Crippen molar-refractivity contribution in [3.05, 3.63) is 435 Å². The molecule has 12 aromatic heterocycles. The summed E-state index contributed by atoms with van der Waals surface area (Å²) in [5.41, 5.74) is 29.4. The molecule has 12 heterocycles. The highest BCUT2D eigenvalue weighted by Crippen LogP contribution is 2.48. The van der Waals surface area contributed by atoms with E-state index in [4.69, 9.17) is 22.9 Å². The van der Waals surface area contributed by atoms with Gasteiger partial charge in [-0.2, -0.15) is 21.0 Å². The molecule has 632 valence electrons. The quantitative estimate of drug-likeness (QED) is 0.139. The predicted molar refractivity (Wildman–Crippen MR) is 544 cm³/mol. The zero-order valence-corrected chi connectivity index (χ0v) is 72.3. The molecule has 0 fully saturated rings. The summed E-state index contributed by atoms with van der Waals surface area (Å²) in [6.45, 7) is 0. The molecular formula is C120H68N12O4. The zero-order chi connectivity index (χ0) is 90.6. The van der Waals surface area contributed by atoms with Crippen LogP contribution in [0.1, 0.15) is 22.4 Å². The van der Waals surface area contributed by atoms with Crippen molar-refractivity contribution in [1.29, 1.82) is 21.0 Å². The Morgan fingerprint density at radius 1 is 0.213 bits per heavy atom. The molecule has 0 saturated carbocycles. The van der Waals surface area contributed by atoms with Gasteiger partial charge >= 0.3 is 0 Å². The van der Waals surface area contributed by atoms with Gasteiger partial charge in [0.1, 0.15) is 68.6 Å². The van der Waals surface area contributed by atoms with Crippen LogP contribution in [0.3, 0.4) is 0 Å². The fourth-order valence-electron chi connectivity index (χ4n) is 20.1. The maximum atomic E-state index is 9.58. The van der Waals surface area contributed by atoms with Crippen LogP contribution in [0.15, 0.2) is 431 Å². The number of aromatic nitrogens is 8. The predicted octanol–water partition coefficient (Wildman–Crippen LogP) is 30.5. The molecule has 0 aliphatic rings. The standard InChI is InChI=1S/4C30H17N3O/c31-18-20-8-6-12-24(32-20)19-7-5-9-21(17-19)33-25-13-3-1-10-22(25)29-26(33)15-16-28-30(29)23-11-2-4-14-27(23)34-28;31-18-20-8-6-16-32-30(20)19-7-5-9-21(17-19)33-24-12-3-1-10-22(24)28-25(33)14-15-27-29(28)23-11-2-4-13-26(23)34-27;31-18-19-14-15-32-24(16-19)20-6-5-7-21(17-20)33-25-10-3-1-8-22(25)29-26(33)12-13-28-30(29)23-9-2-4-11-27(23)34-28;31-17-19-12-13-24(32-18-19)20-6-5-7-21(16-20)33-25-10-3-1-8-22(25)29-26(33)14-15-28-30(29)23-9-2-4-11-27(23)34-28/h3*1-17H;1-16,18H. The van der Waals surface area contributed by atoms with E-state index in [1.165, 1.54) is 43.1 Å². The van der Waals surface area contributed by atoms with Gasteiger partial charge in [0.2, 0.25) is 0 Å². The van der Waals surface area contributed by atoms with Crippen LogP contribution in [0.25, 0.3) is 243 Å². The van der Waals surface area contributed by atoms with Gasteiger partial charge in [-0.15, -0.1) is 0 Å². The average molecular weight is 1740 g/mol. The highest BCUT2D eigenvalue weighted by molar-refractivity contribution is 6.31. The molecule has 16 heteroatoms. The van der Waals surface area contributed by atoms with Crippen LogP contribution in [-0.4, -0.2) is 38.2 Å². The van der Waals surface area contributed by atoms with Gasteiger partial charge in [-0.3, -0.25) is 15.0 Å². The van der Waals surface area contributed by atoms with E-state index in [0.29, 0.717) is 28.1 Å². The maximum absolute atomic E-state index is 9.58. The summed E-state index contributed by atoms with van der Waals surface area (Å²) < 4.78 is 33.9. The lowest BCUT2D eigenvalue weighted by atomic mass is 10.1. The molecule has 0 amide bonds. The number of nitriles is 4. The van der Waals surface area contributed by atoms with E-state index in [2.05, 4.69) is 311 Å². The number of rotatable bonds is 8. The minimum atomic E-state index is 0.411. The third-order valence-corrected chi connectivity index (χ3v) is 25.9. The minimum absolute atomic E-state index is 0.411. The summed E-state index contributed by atoms with van der Waals surface area (Å²) in [5.74, 6) is 0. The van der Waals surface area contributed by atoms with Crippen LogP contribution in [0, 0.1) is 45.3 Å². The van der Waals surface area contributed by atoms with E-state index < -0.39 is 0 Å². The van der Waals surface area contributed by atoms with Crippen LogP contribution >= 0.6 is 0 Å². The number of pyridine rings is 4. The summed E-state index contributed by atoms with van der Waals surface area (Å²) in [5, 5.41) is 55.8. The molecule has 0 N–H and O–H groups in total. The Balaban J connectivity index is 0.0000000965. The Morgan fingerprint density at radius 3 is 0.956 bits per heavy atom. The Morgan fingerprint density at radius 2 is 0.574 bits per heavy atom. The summed E-state index contributed by atoms with van der Waals surface area (Å²) in [6.07, 6.45) is 5.02. The second kappa shape index (κ2) is 32.3. The molecule has 0 unspecified atom stereocenters. The first-order chi connectivity index (χ1) is 67.3. The van der Waals surface area contributed by atoms with Gasteiger partial charge in [-0.25, -0.2) is 4.98 Å². The minimum Gasteiger partial charge on any atom is -0.456 e. The lowest BCUT2D eigenvalue weighted by Crippen LogP contribution is -1.95. The molecule has 16 nitrogen and oxygen atoms in total. The first-order valence-corrected chi connectivity index (χ1v) is 44.5. The lowest BCUT2D eigenvalue weighted by Gasteiger charge is -2.10. The van der Waals surface area contributed by atoms with Crippen molar-refractivity contribution in [3.63, 3.8) is 0 Å². The second-order valence-corrected chi connectivity index (χ2v) is 33.5. The summed E-state index contributed by atoms with van der Waals surface area (Å²) in [4.78, 5) is 18.0. The number of nitrogens with zero attached hydrogens (tertiary/aromatic N) is 12. The molecule has 0 aliphatic heterocycles. The highest BCUT2D eigenvalue weighted by Gasteiger charge is 2.26. The molecule has 0 saturated heterocycles. The number of para-hydroxylation sites is 8. The topological polar surface area (TPSA) is 219 Å². The van der Waals surface area contributed by atoms with Crippen molar-refractivity contribution in [2.45, 2.75) is 0 Å². The Bertz CT molecular complexity index is 9720. The fourth-order valence-corrected chi connectivity index (χ4v) is 20.1. The monoisotopic (exact) mass is 1740 g/mol. The molecule has 0 atom stereocenters. The third kappa shape index (κ3) is 12.9. The molecule has 16 aromatic carbocycles. The second-order valence-electron chi connectivity index (χ2n) is 33.5. The smallest absolute Gasteiger partial charge is 0.141 e. The van der Waals surface area contributed by atoms with Crippen LogP contribution < -0.4 is 0 Å². The molecule has 0 spiro atoms. The molecular weight excluding hydrogens is 1670 g/mol. The maximum Gasteiger partial charge on any atom is 0.141 e. The first-order valence-electron chi connectivity index (χ1n) is 44.5. The van der Waals surface area contributed by atoms with Gasteiger partial charge < -0.3 is 35.9 Å². The lowest BCUT2D eigenvalue weighted by molar-refractivity contribution is 0.669. The SMILES string of the molecule is N#Cc1ccc(-c2cccc(-n3c4ccccc4c4c5c(ccc43)oc3ccccc35)c2)nc1.N#Cc1cccc(-c2cccc(-n3c4ccccc4c4c5c(ccc43)oc3ccccc35)c2)n1.N#Cc1cccnc1-c1cccc(-n2c3ccccc3c3c4c(ccc32)oc2ccccc24)c1.N#Cc1ccnc(-c2cccc(-n3c4ccccc4c4c5c(ccc43)oc3ccccc35)c2)c1. The van der Waals surface area contributed by atoms with Crippen LogP contribution in [0.5, 0.6) is 0 Å². The molecule has 0 bridgehead atoms. The number of hydrogen-bond acceptors (Lipinski definition) is 12. The van der Waals surface area contributed by atoms with Gasteiger partial charge in [0, 0.05) is 150 Å². The zero-order valence-electron chi connectivity index (χ0n) is 72.3. The van der Waals surface area contributed by atoms with Gasteiger partial charge in [-0.05, 0) is 194 Å². The van der Waals surface area contributed by atoms with Crippen LogP contribution in [0.4, 0.5) is 0 Å². The van der Waals surface area contributed by atoms with Crippen molar-refractivity contribution >= 4 is 175 Å². The number of furan rings is 4. The van der Waals surface area contributed by atoms with Crippen LogP contribution in [0.2, 0.25) is 0 Å². The van der Waals surface area contributed by atoms with E-state index in [0.717, 1.165) is 194 Å². The Hall–Kier alpha value is -19.5. The van der Waals surface area contributed by atoms with Crippen molar-refractivity contribution in [1.82, 2.24) is 38.2 Å². The van der Waals surface area contributed by atoms with E-state index >= 15 is 0 Å². The fraction of sp³-hybridized carbons (Fsp3) is 0. The number of benzene rings is 16. The molecule has 0 aliphatic carbocycles. The van der Waals surface area contributed by atoms with Gasteiger partial charge in [-0.1, -0.05) is 200 Å². The number of hydrogen-bond donors (Lipinski definition) is 0. The van der Waals surface area contributed by atoms with E-state index in [1.807, 2.05) is 115 Å². The van der Waals surface area contributed by atoms with Crippen molar-refractivity contribution < 1.29 is 17.7 Å². The summed E-state index contributed by atoms with van der Waals surface area (Å²) >= 11 is 0. The van der Waals surface area contributed by atoms with E-state index in [1.54, 1.807) is 48.9 Å². The molecule has 28 aromatic rings. The van der Waals surface area contributed by atoms with Gasteiger partial charge in [0.05, 0.1) is 89.7 Å². The normalized spacial score (nSPS) is 11.5. The Kier molecular flexibility index (Phi) is 18.7. The average Bonchev–Trinajstić information content (AvgIpc) is 1.57. The molecule has 0 radical (unpaired) electrons.